The highest BCUT2D eigenvalue weighted by atomic mass is 16.5. The predicted octanol–water partition coefficient (Wildman–Crippen LogP) is 5.29. The molecule has 0 aromatic heterocycles. The molecule has 0 saturated heterocycles. The van der Waals surface area contributed by atoms with Gasteiger partial charge in [-0.2, -0.15) is 0 Å². The van der Waals surface area contributed by atoms with Crippen molar-refractivity contribution in [2.45, 2.75) is 65.2 Å². The van der Waals surface area contributed by atoms with Gasteiger partial charge in [-0.15, -0.1) is 0 Å². The van der Waals surface area contributed by atoms with E-state index >= 15 is 0 Å². The summed E-state index contributed by atoms with van der Waals surface area (Å²) in [7, 11) is 0. The maximum atomic E-state index is 11.6. The minimum Gasteiger partial charge on any atom is -0.458 e. The fourth-order valence-corrected chi connectivity index (χ4v) is 8.02. The summed E-state index contributed by atoms with van der Waals surface area (Å²) in [6, 6.07) is 0. The summed E-state index contributed by atoms with van der Waals surface area (Å²) in [4.78, 5) is 11.6. The van der Waals surface area contributed by atoms with Crippen molar-refractivity contribution in [2.75, 3.05) is 6.61 Å². The third kappa shape index (κ3) is 2.18. The maximum absolute atomic E-state index is 11.6. The number of hydrogen-bond donors (Lipinski definition) is 0. The van der Waals surface area contributed by atoms with Crippen molar-refractivity contribution < 1.29 is 9.53 Å². The molecule has 2 heteroatoms. The van der Waals surface area contributed by atoms with E-state index in [9.17, 15) is 4.79 Å². The molecule has 1 heterocycles. The summed E-state index contributed by atoms with van der Waals surface area (Å²) in [5, 5.41) is 0. The highest BCUT2D eigenvalue weighted by Crippen LogP contribution is 2.67. The molecule has 0 amide bonds. The van der Waals surface area contributed by atoms with E-state index in [2.05, 4.69) is 26.0 Å². The Morgan fingerprint density at radius 3 is 2.72 bits per heavy atom. The Morgan fingerprint density at radius 1 is 1.04 bits per heavy atom. The smallest absolute Gasteiger partial charge is 0.331 e. The molecule has 0 bridgehead atoms. The van der Waals surface area contributed by atoms with Crippen molar-refractivity contribution in [1.29, 1.82) is 0 Å². The first-order valence-corrected chi connectivity index (χ1v) is 10.6. The van der Waals surface area contributed by atoms with Crippen molar-refractivity contribution in [3.8, 4) is 0 Å². The second kappa shape index (κ2) is 5.47. The van der Waals surface area contributed by atoms with Crippen molar-refractivity contribution in [2.24, 2.45) is 40.4 Å². The fourth-order valence-electron chi connectivity index (χ4n) is 8.02. The Bertz CT molecular complexity index is 646. The molecule has 0 N–H and O–H groups in total. The first-order chi connectivity index (χ1) is 12.0. The molecule has 3 saturated carbocycles. The molecule has 25 heavy (non-hydrogen) atoms. The Balaban J connectivity index is 1.45. The average molecular weight is 341 g/mol. The van der Waals surface area contributed by atoms with Gasteiger partial charge in [-0.1, -0.05) is 26.0 Å². The minimum absolute atomic E-state index is 0.115. The molecule has 5 aliphatic rings. The molecule has 4 aliphatic carbocycles. The van der Waals surface area contributed by atoms with Crippen LogP contribution in [-0.4, -0.2) is 12.6 Å². The first kappa shape index (κ1) is 16.1. The van der Waals surface area contributed by atoms with Crippen LogP contribution in [0, 0.1) is 40.4 Å². The van der Waals surface area contributed by atoms with Crippen LogP contribution in [0.25, 0.3) is 0 Å². The highest BCUT2D eigenvalue weighted by Gasteiger charge is 2.59. The zero-order chi connectivity index (χ0) is 17.2. The molecule has 3 fully saturated rings. The Kier molecular flexibility index (Phi) is 3.53. The van der Waals surface area contributed by atoms with Crippen molar-refractivity contribution in [3.63, 3.8) is 0 Å². The number of esters is 1. The van der Waals surface area contributed by atoms with Crippen molar-refractivity contribution in [3.05, 3.63) is 23.8 Å². The summed E-state index contributed by atoms with van der Waals surface area (Å²) < 4.78 is 5.26. The Hall–Kier alpha value is -1.05. The van der Waals surface area contributed by atoms with Crippen LogP contribution in [0.2, 0.25) is 0 Å². The van der Waals surface area contributed by atoms with Gasteiger partial charge in [-0.05, 0) is 97.4 Å². The van der Waals surface area contributed by atoms with Gasteiger partial charge in [0.2, 0.25) is 0 Å². The maximum Gasteiger partial charge on any atom is 0.331 e. The third-order valence-corrected chi connectivity index (χ3v) is 9.25. The average Bonchev–Trinajstić information content (AvgIpc) is 3.16. The first-order valence-electron chi connectivity index (χ1n) is 10.6. The monoisotopic (exact) mass is 340 g/mol. The normalized spacial score (nSPS) is 51.4. The second-order valence-electron chi connectivity index (χ2n) is 10.00. The van der Waals surface area contributed by atoms with Crippen LogP contribution in [-0.2, 0) is 9.53 Å². The van der Waals surface area contributed by atoms with Crippen LogP contribution in [0.5, 0.6) is 0 Å². The van der Waals surface area contributed by atoms with E-state index in [1.807, 2.05) is 6.08 Å². The molecular weight excluding hydrogens is 308 g/mol. The van der Waals surface area contributed by atoms with Gasteiger partial charge < -0.3 is 4.74 Å². The van der Waals surface area contributed by atoms with Crippen LogP contribution in [0.1, 0.15) is 65.2 Å². The quantitative estimate of drug-likeness (QED) is 0.478. The van der Waals surface area contributed by atoms with Gasteiger partial charge in [0.15, 0.2) is 0 Å². The zero-order valence-electron chi connectivity index (χ0n) is 15.8. The summed E-state index contributed by atoms with van der Waals surface area (Å²) in [5.41, 5.74) is 2.14. The lowest BCUT2D eigenvalue weighted by molar-refractivity contribution is -0.135. The molecular formula is C23H32O2. The fraction of sp³-hybridized carbons (Fsp3) is 0.783. The van der Waals surface area contributed by atoms with Crippen molar-refractivity contribution >= 4 is 5.97 Å². The Labute approximate surface area is 152 Å². The SMILES string of the molecule is C[C@]12CC[C@H]3[C@@H](CCC4CCC=C[C@@]43C)[C@@H]1CC[C@@H]2C1=CC(=O)OC1. The lowest BCUT2D eigenvalue weighted by atomic mass is 9.46. The van der Waals surface area contributed by atoms with E-state index in [-0.39, 0.29) is 5.97 Å². The van der Waals surface area contributed by atoms with E-state index in [1.165, 1.54) is 56.9 Å². The van der Waals surface area contributed by atoms with Crippen LogP contribution in [0.3, 0.4) is 0 Å². The number of ether oxygens (including phenoxy) is 1. The van der Waals surface area contributed by atoms with Crippen molar-refractivity contribution in [1.82, 2.24) is 0 Å². The minimum atomic E-state index is -0.115. The molecule has 0 aromatic carbocycles. The predicted molar refractivity (Wildman–Crippen MR) is 98.8 cm³/mol. The van der Waals surface area contributed by atoms with Crippen LogP contribution < -0.4 is 0 Å². The zero-order valence-corrected chi connectivity index (χ0v) is 15.8. The van der Waals surface area contributed by atoms with E-state index < -0.39 is 0 Å². The van der Waals surface area contributed by atoms with Gasteiger partial charge >= 0.3 is 5.97 Å². The molecule has 5 rings (SSSR count). The van der Waals surface area contributed by atoms with Crippen LogP contribution >= 0.6 is 0 Å². The second-order valence-corrected chi connectivity index (χ2v) is 10.00. The van der Waals surface area contributed by atoms with E-state index in [0.29, 0.717) is 23.4 Å². The van der Waals surface area contributed by atoms with Gasteiger partial charge in [0, 0.05) is 6.08 Å². The number of fused-ring (bicyclic) bond motifs is 5. The summed E-state index contributed by atoms with van der Waals surface area (Å²) in [6.45, 7) is 5.67. The third-order valence-electron chi connectivity index (χ3n) is 9.25. The van der Waals surface area contributed by atoms with Crippen LogP contribution in [0.4, 0.5) is 0 Å². The number of carbonyl (C=O) groups is 1. The topological polar surface area (TPSA) is 26.3 Å². The standard InChI is InChI=1S/C23H32O2/c1-22-11-4-3-5-16(22)6-7-17-19-9-8-18(15-13-21(24)25-14-15)23(19,2)12-10-20(17)22/h4,11,13,16-20H,3,5-10,12,14H2,1-2H3/t16?,17-,18+,19-,20-,22-,23+/m0/s1. The molecule has 136 valence electrons. The molecule has 0 radical (unpaired) electrons. The lowest BCUT2D eigenvalue weighted by Gasteiger charge is -2.59. The molecule has 2 nitrogen and oxygen atoms in total. The van der Waals surface area contributed by atoms with Gasteiger partial charge in [0.25, 0.3) is 0 Å². The van der Waals surface area contributed by atoms with E-state index in [1.54, 1.807) is 0 Å². The largest absolute Gasteiger partial charge is 0.458 e. The summed E-state index contributed by atoms with van der Waals surface area (Å²) >= 11 is 0. The number of rotatable bonds is 1. The number of hydrogen-bond acceptors (Lipinski definition) is 2. The molecule has 0 spiro atoms. The molecule has 7 atom stereocenters. The number of carbonyl (C=O) groups excluding carboxylic acids is 1. The van der Waals surface area contributed by atoms with Gasteiger partial charge in [0.1, 0.15) is 6.61 Å². The molecule has 0 aromatic rings. The van der Waals surface area contributed by atoms with Gasteiger partial charge in [-0.3, -0.25) is 0 Å². The summed E-state index contributed by atoms with van der Waals surface area (Å²) in [6.07, 6.45) is 17.8. The lowest BCUT2D eigenvalue weighted by Crippen LogP contribution is -2.51. The van der Waals surface area contributed by atoms with E-state index in [4.69, 9.17) is 4.74 Å². The van der Waals surface area contributed by atoms with E-state index in [0.717, 1.165) is 23.7 Å². The van der Waals surface area contributed by atoms with Crippen LogP contribution in [0.15, 0.2) is 23.8 Å². The number of cyclic esters (lactones) is 1. The Morgan fingerprint density at radius 2 is 1.92 bits per heavy atom. The molecule has 1 aliphatic heterocycles. The van der Waals surface area contributed by atoms with Gasteiger partial charge in [-0.25, -0.2) is 4.79 Å². The molecule has 1 unspecified atom stereocenters. The number of allylic oxidation sites excluding steroid dienone is 2. The highest BCUT2D eigenvalue weighted by molar-refractivity contribution is 5.85. The van der Waals surface area contributed by atoms with Gasteiger partial charge in [0.05, 0.1) is 0 Å². The summed E-state index contributed by atoms with van der Waals surface area (Å²) in [5.74, 6) is 4.01.